The summed E-state index contributed by atoms with van der Waals surface area (Å²) in [7, 11) is -3.73. The Hall–Kier alpha value is -3.69. The van der Waals surface area contributed by atoms with Crippen molar-refractivity contribution < 1.29 is 22.7 Å². The summed E-state index contributed by atoms with van der Waals surface area (Å²) in [6, 6.07) is 21.8. The molecule has 2 amide bonds. The molecule has 4 rings (SSSR count). The average Bonchev–Trinajstić information content (AvgIpc) is 3.69. The Kier molecular flexibility index (Phi) is 7.24. The van der Waals surface area contributed by atoms with Crippen molar-refractivity contribution >= 4 is 27.5 Å². The van der Waals surface area contributed by atoms with Crippen molar-refractivity contribution in [3.8, 4) is 11.5 Å². The first-order chi connectivity index (χ1) is 16.4. The number of sulfonamides is 1. The average molecular weight is 480 g/mol. The van der Waals surface area contributed by atoms with Crippen molar-refractivity contribution in [3.05, 3.63) is 84.4 Å². The second kappa shape index (κ2) is 10.5. The summed E-state index contributed by atoms with van der Waals surface area (Å²) < 4.78 is 33.1. The van der Waals surface area contributed by atoms with Crippen molar-refractivity contribution in [1.82, 2.24) is 10.0 Å². The van der Waals surface area contributed by atoms with Crippen LogP contribution >= 0.6 is 0 Å². The summed E-state index contributed by atoms with van der Waals surface area (Å²) in [6.07, 6.45) is 1.84. The van der Waals surface area contributed by atoms with Gasteiger partial charge in [0.25, 0.3) is 5.91 Å². The van der Waals surface area contributed by atoms with Gasteiger partial charge in [-0.2, -0.15) is 0 Å². The lowest BCUT2D eigenvalue weighted by molar-refractivity contribution is -0.117. The number of carbonyl (C=O) groups excluding carboxylic acids is 2. The summed E-state index contributed by atoms with van der Waals surface area (Å²) in [6.45, 7) is 0.152. The monoisotopic (exact) mass is 479 g/mol. The molecule has 0 aliphatic heterocycles. The van der Waals surface area contributed by atoms with Gasteiger partial charge >= 0.3 is 0 Å². The first-order valence-corrected chi connectivity index (χ1v) is 12.4. The zero-order chi connectivity index (χ0) is 24.0. The number of carbonyl (C=O) groups is 2. The molecule has 9 heteroatoms. The van der Waals surface area contributed by atoms with Gasteiger partial charge in [0.15, 0.2) is 0 Å². The minimum atomic E-state index is -3.73. The molecule has 0 spiro atoms. The lowest BCUT2D eigenvalue weighted by Crippen LogP contribution is -2.34. The molecule has 34 heavy (non-hydrogen) atoms. The third kappa shape index (κ3) is 6.43. The van der Waals surface area contributed by atoms with E-state index >= 15 is 0 Å². The number of para-hydroxylation sites is 1. The summed E-state index contributed by atoms with van der Waals surface area (Å²) >= 11 is 0. The van der Waals surface area contributed by atoms with E-state index in [9.17, 15) is 18.0 Å². The van der Waals surface area contributed by atoms with Crippen LogP contribution < -0.4 is 20.1 Å². The number of ether oxygens (including phenoxy) is 1. The largest absolute Gasteiger partial charge is 0.457 e. The molecule has 3 N–H and O–H groups in total. The molecule has 3 aromatic carbocycles. The van der Waals surface area contributed by atoms with E-state index in [1.165, 1.54) is 12.1 Å². The van der Waals surface area contributed by atoms with Gasteiger partial charge in [0.1, 0.15) is 11.5 Å². The van der Waals surface area contributed by atoms with Gasteiger partial charge in [0.2, 0.25) is 15.9 Å². The van der Waals surface area contributed by atoms with Crippen LogP contribution in [-0.4, -0.2) is 33.3 Å². The highest BCUT2D eigenvalue weighted by Gasteiger charge is 2.29. The molecule has 1 fully saturated rings. The normalized spacial score (nSPS) is 13.2. The quantitative estimate of drug-likeness (QED) is 0.385. The van der Waals surface area contributed by atoms with Gasteiger partial charge in [-0.05, 0) is 73.5 Å². The molecule has 1 aliphatic carbocycles. The van der Waals surface area contributed by atoms with Crippen LogP contribution in [0.2, 0.25) is 0 Å². The summed E-state index contributed by atoms with van der Waals surface area (Å²) in [4.78, 5) is 24.2. The standard InChI is InChI=1S/C25H25N3O5S/c29-24(18-8-10-20(11-9-18)28-25(30)19-6-7-19)26-16-17-27-34(31,32)23-14-12-22(13-15-23)33-21-4-2-1-3-5-21/h1-5,8-15,19,27H,6-7,16-17H2,(H,26,29)(H,28,30). The van der Waals surface area contributed by atoms with Crippen LogP contribution in [0.5, 0.6) is 11.5 Å². The number of benzene rings is 3. The van der Waals surface area contributed by atoms with E-state index in [0.29, 0.717) is 22.7 Å². The molecule has 0 heterocycles. The minimum Gasteiger partial charge on any atom is -0.457 e. The highest BCUT2D eigenvalue weighted by atomic mass is 32.2. The SMILES string of the molecule is O=C(NCCNS(=O)(=O)c1ccc(Oc2ccccc2)cc1)c1ccc(NC(=O)C2CC2)cc1. The molecule has 0 saturated heterocycles. The van der Waals surface area contributed by atoms with Crippen molar-refractivity contribution in [1.29, 1.82) is 0 Å². The van der Waals surface area contributed by atoms with Gasteiger partial charge in [-0.25, -0.2) is 13.1 Å². The van der Waals surface area contributed by atoms with Gasteiger partial charge in [-0.3, -0.25) is 9.59 Å². The number of hydrogen-bond acceptors (Lipinski definition) is 5. The molecule has 1 aliphatic rings. The predicted molar refractivity (Wildman–Crippen MR) is 128 cm³/mol. The van der Waals surface area contributed by atoms with Gasteiger partial charge in [-0.15, -0.1) is 0 Å². The van der Waals surface area contributed by atoms with Crippen molar-refractivity contribution in [3.63, 3.8) is 0 Å². The van der Waals surface area contributed by atoms with E-state index < -0.39 is 10.0 Å². The van der Waals surface area contributed by atoms with Gasteiger partial charge in [0, 0.05) is 30.3 Å². The molecule has 0 bridgehead atoms. The third-order valence-corrected chi connectivity index (χ3v) is 6.66. The van der Waals surface area contributed by atoms with Crippen molar-refractivity contribution in [2.24, 2.45) is 5.92 Å². The predicted octanol–water partition coefficient (Wildman–Crippen LogP) is 3.54. The smallest absolute Gasteiger partial charge is 0.251 e. The number of nitrogens with one attached hydrogen (secondary N) is 3. The number of amides is 2. The fourth-order valence-electron chi connectivity index (χ4n) is 3.15. The zero-order valence-corrected chi connectivity index (χ0v) is 19.2. The van der Waals surface area contributed by atoms with E-state index in [2.05, 4.69) is 15.4 Å². The maximum Gasteiger partial charge on any atom is 0.251 e. The molecule has 0 unspecified atom stereocenters. The second-order valence-electron chi connectivity index (χ2n) is 7.88. The lowest BCUT2D eigenvalue weighted by Gasteiger charge is -2.10. The molecule has 3 aromatic rings. The maximum atomic E-state index is 12.5. The fourth-order valence-corrected chi connectivity index (χ4v) is 4.18. The summed E-state index contributed by atoms with van der Waals surface area (Å²) in [5, 5.41) is 5.49. The highest BCUT2D eigenvalue weighted by Crippen LogP contribution is 2.30. The van der Waals surface area contributed by atoms with E-state index in [4.69, 9.17) is 4.74 Å². The first-order valence-electron chi connectivity index (χ1n) is 10.9. The van der Waals surface area contributed by atoms with Crippen LogP contribution in [-0.2, 0) is 14.8 Å². The molecule has 0 atom stereocenters. The van der Waals surface area contributed by atoms with Crippen LogP contribution in [0.4, 0.5) is 5.69 Å². The number of hydrogen-bond donors (Lipinski definition) is 3. The number of rotatable bonds is 10. The summed E-state index contributed by atoms with van der Waals surface area (Å²) in [5.41, 5.74) is 1.06. The van der Waals surface area contributed by atoms with E-state index in [1.807, 2.05) is 30.3 Å². The molecule has 0 radical (unpaired) electrons. The second-order valence-corrected chi connectivity index (χ2v) is 9.65. The van der Waals surface area contributed by atoms with E-state index in [-0.39, 0.29) is 35.7 Å². The molecule has 8 nitrogen and oxygen atoms in total. The Balaban J connectivity index is 1.22. The van der Waals surface area contributed by atoms with Crippen molar-refractivity contribution in [2.75, 3.05) is 18.4 Å². The van der Waals surface area contributed by atoms with Crippen molar-refractivity contribution in [2.45, 2.75) is 17.7 Å². The molecular formula is C25H25N3O5S. The number of anilines is 1. The Morgan fingerprint density at radius 2 is 1.47 bits per heavy atom. The molecule has 0 aromatic heterocycles. The van der Waals surface area contributed by atoms with Gasteiger partial charge in [-0.1, -0.05) is 18.2 Å². The maximum absolute atomic E-state index is 12.5. The molecule has 176 valence electrons. The topological polar surface area (TPSA) is 114 Å². The Morgan fingerprint density at radius 3 is 2.12 bits per heavy atom. The van der Waals surface area contributed by atoms with Crippen LogP contribution in [0.15, 0.2) is 83.8 Å². The molecule has 1 saturated carbocycles. The zero-order valence-electron chi connectivity index (χ0n) is 18.4. The van der Waals surface area contributed by atoms with Crippen LogP contribution in [0.25, 0.3) is 0 Å². The van der Waals surface area contributed by atoms with E-state index in [1.54, 1.807) is 36.4 Å². The fraction of sp³-hybridized carbons (Fsp3) is 0.200. The van der Waals surface area contributed by atoms with Gasteiger partial charge < -0.3 is 15.4 Å². The summed E-state index contributed by atoms with van der Waals surface area (Å²) in [5.74, 6) is 0.956. The lowest BCUT2D eigenvalue weighted by atomic mass is 10.2. The van der Waals surface area contributed by atoms with Crippen LogP contribution in [0.3, 0.4) is 0 Å². The van der Waals surface area contributed by atoms with Gasteiger partial charge in [0.05, 0.1) is 4.90 Å². The minimum absolute atomic E-state index is 0.00263. The Morgan fingerprint density at radius 1 is 0.824 bits per heavy atom. The molecular weight excluding hydrogens is 454 g/mol. The highest BCUT2D eigenvalue weighted by molar-refractivity contribution is 7.89. The Labute approximate surface area is 198 Å². The third-order valence-electron chi connectivity index (χ3n) is 5.18. The van der Waals surface area contributed by atoms with Crippen LogP contribution in [0, 0.1) is 5.92 Å². The first kappa shape index (κ1) is 23.5. The van der Waals surface area contributed by atoms with E-state index in [0.717, 1.165) is 12.8 Å². The Bertz CT molecular complexity index is 1240. The van der Waals surface area contributed by atoms with Crippen LogP contribution in [0.1, 0.15) is 23.2 Å².